The molecule has 0 amide bonds. The van der Waals surface area contributed by atoms with E-state index in [-0.39, 0.29) is 5.82 Å². The van der Waals surface area contributed by atoms with Gasteiger partial charge in [-0.05, 0) is 24.6 Å². The molecule has 1 aromatic carbocycles. The number of benzene rings is 1. The van der Waals surface area contributed by atoms with Crippen LogP contribution >= 0.6 is 11.6 Å². The molecule has 0 radical (unpaired) electrons. The number of imidazole rings is 1. The number of hydrogen-bond donors (Lipinski definition) is 0. The molecule has 0 N–H and O–H groups in total. The third-order valence-corrected chi connectivity index (χ3v) is 3.76. The number of rotatable bonds is 4. The Hall–Kier alpha value is -1.13. The number of aromatic nitrogens is 2. The summed E-state index contributed by atoms with van der Waals surface area (Å²) < 4.78 is 20.9. The van der Waals surface area contributed by atoms with Crippen molar-refractivity contribution in [3.8, 4) is 0 Å². The quantitative estimate of drug-likeness (QED) is 0.806. The maximum Gasteiger partial charge on any atom is 0.125 e. The summed E-state index contributed by atoms with van der Waals surface area (Å²) in [5.74, 6) is 1.71. The normalized spacial score (nSPS) is 19.4. The van der Waals surface area contributed by atoms with Crippen molar-refractivity contribution in [2.75, 3.05) is 19.1 Å². The molecule has 1 aromatic heterocycles. The molecule has 1 atom stereocenters. The fourth-order valence-electron chi connectivity index (χ4n) is 2.61. The van der Waals surface area contributed by atoms with E-state index in [0.717, 1.165) is 43.0 Å². The zero-order chi connectivity index (χ0) is 13.2. The molecular formula is C14H16ClFN2O. The number of nitrogens with zero attached hydrogens (tertiary/aromatic N) is 2. The number of alkyl halides is 1. The van der Waals surface area contributed by atoms with Crippen molar-refractivity contribution in [1.29, 1.82) is 0 Å². The highest BCUT2D eigenvalue weighted by Gasteiger charge is 2.19. The van der Waals surface area contributed by atoms with Crippen molar-refractivity contribution in [3.63, 3.8) is 0 Å². The Kier molecular flexibility index (Phi) is 3.71. The van der Waals surface area contributed by atoms with Gasteiger partial charge in [0, 0.05) is 31.4 Å². The SMILES string of the molecule is Fc1ccc2nc(CCCl)n(CC3CCOC3)c2c1. The molecule has 0 bridgehead atoms. The Morgan fingerprint density at radius 3 is 3.11 bits per heavy atom. The van der Waals surface area contributed by atoms with E-state index in [1.165, 1.54) is 6.07 Å². The molecule has 102 valence electrons. The van der Waals surface area contributed by atoms with Crippen LogP contribution in [0.2, 0.25) is 0 Å². The largest absolute Gasteiger partial charge is 0.381 e. The lowest BCUT2D eigenvalue weighted by Crippen LogP contribution is -2.13. The van der Waals surface area contributed by atoms with Crippen LogP contribution < -0.4 is 0 Å². The van der Waals surface area contributed by atoms with Crippen LogP contribution in [0.3, 0.4) is 0 Å². The molecular weight excluding hydrogens is 267 g/mol. The molecule has 1 aliphatic heterocycles. The second-order valence-corrected chi connectivity index (χ2v) is 5.32. The summed E-state index contributed by atoms with van der Waals surface area (Å²) in [5, 5.41) is 0. The molecule has 1 aliphatic rings. The van der Waals surface area contributed by atoms with E-state index in [2.05, 4.69) is 9.55 Å². The topological polar surface area (TPSA) is 27.1 Å². The molecule has 1 unspecified atom stereocenters. The Morgan fingerprint density at radius 2 is 2.37 bits per heavy atom. The van der Waals surface area contributed by atoms with Gasteiger partial charge >= 0.3 is 0 Å². The van der Waals surface area contributed by atoms with Gasteiger partial charge in [-0.15, -0.1) is 11.6 Å². The van der Waals surface area contributed by atoms with Crippen molar-refractivity contribution in [1.82, 2.24) is 9.55 Å². The minimum Gasteiger partial charge on any atom is -0.381 e. The van der Waals surface area contributed by atoms with Gasteiger partial charge in [-0.25, -0.2) is 9.37 Å². The maximum atomic E-state index is 13.4. The second-order valence-electron chi connectivity index (χ2n) is 4.94. The summed E-state index contributed by atoms with van der Waals surface area (Å²) in [6.45, 7) is 2.41. The predicted molar refractivity (Wildman–Crippen MR) is 73.0 cm³/mol. The van der Waals surface area contributed by atoms with E-state index in [0.29, 0.717) is 18.2 Å². The molecule has 0 spiro atoms. The third-order valence-electron chi connectivity index (χ3n) is 3.57. The predicted octanol–water partition coefficient (Wildman–Crippen LogP) is 2.99. The van der Waals surface area contributed by atoms with Crippen molar-refractivity contribution in [2.24, 2.45) is 5.92 Å². The van der Waals surface area contributed by atoms with Crippen LogP contribution in [0.4, 0.5) is 4.39 Å². The summed E-state index contributed by atoms with van der Waals surface area (Å²) in [5.41, 5.74) is 1.69. The number of halogens is 2. The van der Waals surface area contributed by atoms with Gasteiger partial charge < -0.3 is 9.30 Å². The Balaban J connectivity index is 2.01. The first-order chi connectivity index (χ1) is 9.28. The Labute approximate surface area is 116 Å². The van der Waals surface area contributed by atoms with Crippen LogP contribution in [-0.4, -0.2) is 28.6 Å². The van der Waals surface area contributed by atoms with Crippen molar-refractivity contribution in [2.45, 2.75) is 19.4 Å². The lowest BCUT2D eigenvalue weighted by molar-refractivity contribution is 0.182. The monoisotopic (exact) mass is 282 g/mol. The molecule has 2 aromatic rings. The summed E-state index contributed by atoms with van der Waals surface area (Å²) in [6.07, 6.45) is 1.75. The van der Waals surface area contributed by atoms with Gasteiger partial charge in [0.25, 0.3) is 0 Å². The standard InChI is InChI=1S/C14H16ClFN2O/c15-5-3-14-17-12-2-1-11(16)7-13(12)18(14)8-10-4-6-19-9-10/h1-2,7,10H,3-6,8-9H2. The van der Waals surface area contributed by atoms with E-state index >= 15 is 0 Å². The first-order valence-electron chi connectivity index (χ1n) is 6.56. The highest BCUT2D eigenvalue weighted by molar-refractivity contribution is 6.17. The Morgan fingerprint density at radius 1 is 1.47 bits per heavy atom. The molecule has 2 heterocycles. The summed E-state index contributed by atoms with van der Waals surface area (Å²) in [4.78, 5) is 4.56. The molecule has 3 rings (SSSR count). The second kappa shape index (κ2) is 5.47. The average molecular weight is 283 g/mol. The van der Waals surface area contributed by atoms with E-state index in [1.54, 1.807) is 12.1 Å². The number of ether oxygens (including phenoxy) is 1. The first-order valence-corrected chi connectivity index (χ1v) is 7.10. The van der Waals surface area contributed by atoms with Crippen LogP contribution in [0.5, 0.6) is 0 Å². The van der Waals surface area contributed by atoms with E-state index in [4.69, 9.17) is 16.3 Å². The molecule has 19 heavy (non-hydrogen) atoms. The van der Waals surface area contributed by atoms with Gasteiger partial charge in [0.1, 0.15) is 11.6 Å². The zero-order valence-electron chi connectivity index (χ0n) is 10.6. The molecule has 1 fully saturated rings. The van der Waals surface area contributed by atoms with E-state index < -0.39 is 0 Å². The van der Waals surface area contributed by atoms with Gasteiger partial charge in [-0.2, -0.15) is 0 Å². The fourth-order valence-corrected chi connectivity index (χ4v) is 2.78. The first kappa shape index (κ1) is 12.9. The van der Waals surface area contributed by atoms with Crippen molar-refractivity contribution >= 4 is 22.6 Å². The van der Waals surface area contributed by atoms with Gasteiger partial charge in [0.15, 0.2) is 0 Å². The van der Waals surface area contributed by atoms with E-state index in [9.17, 15) is 4.39 Å². The Bertz CT molecular complexity index is 578. The lowest BCUT2D eigenvalue weighted by Gasteiger charge is -2.12. The van der Waals surface area contributed by atoms with Crippen LogP contribution in [-0.2, 0) is 17.7 Å². The fraction of sp³-hybridized carbons (Fsp3) is 0.500. The van der Waals surface area contributed by atoms with Gasteiger partial charge in [-0.3, -0.25) is 0 Å². The summed E-state index contributed by atoms with van der Waals surface area (Å²) in [7, 11) is 0. The average Bonchev–Trinajstić information content (AvgIpc) is 3.00. The molecule has 0 saturated carbocycles. The highest BCUT2D eigenvalue weighted by Crippen LogP contribution is 2.22. The number of hydrogen-bond acceptors (Lipinski definition) is 2. The van der Waals surface area contributed by atoms with Gasteiger partial charge in [-0.1, -0.05) is 0 Å². The zero-order valence-corrected chi connectivity index (χ0v) is 11.4. The molecule has 5 heteroatoms. The van der Waals surface area contributed by atoms with Crippen molar-refractivity contribution < 1.29 is 9.13 Å². The molecule has 1 saturated heterocycles. The summed E-state index contributed by atoms with van der Waals surface area (Å²) >= 11 is 5.83. The highest BCUT2D eigenvalue weighted by atomic mass is 35.5. The molecule has 3 nitrogen and oxygen atoms in total. The van der Waals surface area contributed by atoms with Gasteiger partial charge in [0.2, 0.25) is 0 Å². The van der Waals surface area contributed by atoms with Crippen LogP contribution in [0.15, 0.2) is 18.2 Å². The molecule has 0 aliphatic carbocycles. The minimum absolute atomic E-state index is 0.228. The smallest absolute Gasteiger partial charge is 0.125 e. The number of fused-ring (bicyclic) bond motifs is 1. The van der Waals surface area contributed by atoms with Crippen LogP contribution in [0.25, 0.3) is 11.0 Å². The van der Waals surface area contributed by atoms with E-state index in [1.807, 2.05) is 0 Å². The van der Waals surface area contributed by atoms with Gasteiger partial charge in [0.05, 0.1) is 17.6 Å². The lowest BCUT2D eigenvalue weighted by atomic mass is 10.1. The van der Waals surface area contributed by atoms with Crippen LogP contribution in [0.1, 0.15) is 12.2 Å². The third kappa shape index (κ3) is 2.60. The number of aryl methyl sites for hydroxylation is 1. The van der Waals surface area contributed by atoms with Crippen LogP contribution in [0, 0.1) is 11.7 Å². The minimum atomic E-state index is -0.228. The van der Waals surface area contributed by atoms with Crippen molar-refractivity contribution in [3.05, 3.63) is 29.8 Å². The summed E-state index contributed by atoms with van der Waals surface area (Å²) in [6, 6.07) is 4.72. The maximum absolute atomic E-state index is 13.4.